The van der Waals surface area contributed by atoms with Crippen molar-refractivity contribution in [3.8, 4) is 11.4 Å². The molecule has 0 unspecified atom stereocenters. The van der Waals surface area contributed by atoms with E-state index in [2.05, 4.69) is 4.98 Å². The van der Waals surface area contributed by atoms with Crippen molar-refractivity contribution in [3.63, 3.8) is 0 Å². The molecule has 9 heteroatoms. The predicted octanol–water partition coefficient (Wildman–Crippen LogP) is 1.88. The van der Waals surface area contributed by atoms with Crippen LogP contribution in [0.25, 0.3) is 22.6 Å². The Labute approximate surface area is 172 Å². The van der Waals surface area contributed by atoms with E-state index in [0.29, 0.717) is 36.8 Å². The lowest BCUT2D eigenvalue weighted by Crippen LogP contribution is -2.40. The summed E-state index contributed by atoms with van der Waals surface area (Å²) in [7, 11) is 1.63. The van der Waals surface area contributed by atoms with Crippen molar-refractivity contribution in [2.24, 2.45) is 7.05 Å². The number of rotatable bonds is 7. The quantitative estimate of drug-likeness (QED) is 0.434. The summed E-state index contributed by atoms with van der Waals surface area (Å²) < 4.78 is 17.2. The number of fused-ring (bicyclic) bond motifs is 3. The first-order valence-electron chi connectivity index (χ1n) is 9.98. The molecule has 0 saturated heterocycles. The lowest BCUT2D eigenvalue weighted by Gasteiger charge is -2.08. The second-order valence-corrected chi connectivity index (χ2v) is 6.98. The van der Waals surface area contributed by atoms with Gasteiger partial charge in [-0.25, -0.2) is 4.79 Å². The zero-order valence-electron chi connectivity index (χ0n) is 17.6. The van der Waals surface area contributed by atoms with Crippen molar-refractivity contribution >= 4 is 16.9 Å². The van der Waals surface area contributed by atoms with Crippen LogP contribution in [-0.2, 0) is 18.3 Å². The van der Waals surface area contributed by atoms with Crippen LogP contribution in [0.4, 0.5) is 0 Å². The fourth-order valence-corrected chi connectivity index (χ4v) is 3.69. The van der Waals surface area contributed by atoms with Crippen LogP contribution in [0.15, 0.2) is 40.1 Å². The Bertz CT molecular complexity index is 1320. The van der Waals surface area contributed by atoms with Crippen molar-refractivity contribution in [2.75, 3.05) is 19.8 Å². The van der Waals surface area contributed by atoms with Crippen LogP contribution in [0.2, 0.25) is 0 Å². The molecule has 9 nitrogen and oxygen atoms in total. The van der Waals surface area contributed by atoms with E-state index in [-0.39, 0.29) is 12.1 Å². The van der Waals surface area contributed by atoms with E-state index in [1.54, 1.807) is 11.4 Å². The van der Waals surface area contributed by atoms with Gasteiger partial charge in [0.2, 0.25) is 5.78 Å². The lowest BCUT2D eigenvalue weighted by atomic mass is 10.3. The zero-order chi connectivity index (χ0) is 21.4. The van der Waals surface area contributed by atoms with Crippen LogP contribution in [-0.4, -0.2) is 42.9 Å². The smallest absolute Gasteiger partial charge is 0.332 e. The summed E-state index contributed by atoms with van der Waals surface area (Å²) in [6.07, 6.45) is 1.86. The predicted molar refractivity (Wildman–Crippen MR) is 114 cm³/mol. The van der Waals surface area contributed by atoms with Gasteiger partial charge in [-0.05, 0) is 45.0 Å². The first-order chi connectivity index (χ1) is 14.5. The summed E-state index contributed by atoms with van der Waals surface area (Å²) in [5.41, 5.74) is 1.76. The van der Waals surface area contributed by atoms with Crippen LogP contribution in [0.5, 0.6) is 5.75 Å². The molecule has 0 saturated carbocycles. The average Bonchev–Trinajstić information content (AvgIpc) is 3.24. The Morgan fingerprint density at radius 1 is 1.07 bits per heavy atom. The zero-order valence-corrected chi connectivity index (χ0v) is 17.6. The number of benzene rings is 1. The molecule has 0 aliphatic rings. The van der Waals surface area contributed by atoms with Crippen LogP contribution in [0, 0.1) is 6.92 Å². The topological polar surface area (TPSA) is 84.7 Å². The van der Waals surface area contributed by atoms with Crippen LogP contribution < -0.4 is 16.0 Å². The number of nitrogens with zero attached hydrogens (tertiary/aromatic N) is 5. The Morgan fingerprint density at radius 3 is 2.47 bits per heavy atom. The molecule has 0 radical (unpaired) electrons. The third-order valence-corrected chi connectivity index (χ3v) is 5.10. The van der Waals surface area contributed by atoms with Gasteiger partial charge in [-0.2, -0.15) is 4.98 Å². The standard InChI is InChI=1S/C21H25N5O4/c1-5-29-12-11-24-19(27)17-18(23(4)21(24)28)22-20-25(17)13-14(3)26(20)15-7-9-16(10-8-15)30-6-2/h7-10,13H,5-6,11-12H2,1-4H3. The number of aromatic nitrogens is 5. The molecule has 3 heterocycles. The summed E-state index contributed by atoms with van der Waals surface area (Å²) in [6, 6.07) is 7.68. The van der Waals surface area contributed by atoms with E-state index in [4.69, 9.17) is 9.47 Å². The molecule has 1 aromatic carbocycles. The fourth-order valence-electron chi connectivity index (χ4n) is 3.69. The minimum Gasteiger partial charge on any atom is -0.494 e. The first-order valence-corrected chi connectivity index (χ1v) is 9.98. The Hall–Kier alpha value is -3.33. The third-order valence-electron chi connectivity index (χ3n) is 5.10. The molecule has 30 heavy (non-hydrogen) atoms. The van der Waals surface area contributed by atoms with Gasteiger partial charge in [-0.3, -0.25) is 22.9 Å². The van der Waals surface area contributed by atoms with Gasteiger partial charge in [0.15, 0.2) is 11.2 Å². The molecule has 0 bridgehead atoms. The Balaban J connectivity index is 1.92. The van der Waals surface area contributed by atoms with Gasteiger partial charge in [0.05, 0.1) is 19.8 Å². The van der Waals surface area contributed by atoms with Crippen molar-refractivity contribution in [1.29, 1.82) is 0 Å². The number of ether oxygens (including phenoxy) is 2. The molecule has 0 amide bonds. The summed E-state index contributed by atoms with van der Waals surface area (Å²) in [5.74, 6) is 1.36. The fraction of sp³-hybridized carbons (Fsp3) is 0.381. The van der Waals surface area contributed by atoms with Gasteiger partial charge >= 0.3 is 5.69 Å². The van der Waals surface area contributed by atoms with E-state index >= 15 is 0 Å². The van der Waals surface area contributed by atoms with Gasteiger partial charge < -0.3 is 9.47 Å². The highest BCUT2D eigenvalue weighted by Gasteiger charge is 2.20. The largest absolute Gasteiger partial charge is 0.494 e. The second-order valence-electron chi connectivity index (χ2n) is 6.98. The molecule has 0 aliphatic heterocycles. The average molecular weight is 411 g/mol. The SMILES string of the molecule is CCOCCn1c(=O)c2c(nc3n(-c4ccc(OCC)cc4)c(C)cn23)n(C)c1=O. The molecule has 158 valence electrons. The summed E-state index contributed by atoms with van der Waals surface area (Å²) in [4.78, 5) is 30.5. The minimum absolute atomic E-state index is 0.196. The van der Waals surface area contributed by atoms with E-state index in [1.165, 1.54) is 9.13 Å². The molecular formula is C21H25N5O4. The lowest BCUT2D eigenvalue weighted by molar-refractivity contribution is 0.137. The Morgan fingerprint density at radius 2 is 1.80 bits per heavy atom. The minimum atomic E-state index is -0.405. The van der Waals surface area contributed by atoms with Crippen molar-refractivity contribution in [2.45, 2.75) is 27.3 Å². The van der Waals surface area contributed by atoms with Gasteiger partial charge in [0.25, 0.3) is 5.56 Å². The molecule has 4 rings (SSSR count). The van der Waals surface area contributed by atoms with E-state index in [1.807, 2.05) is 55.8 Å². The molecule has 0 fully saturated rings. The van der Waals surface area contributed by atoms with E-state index < -0.39 is 5.69 Å². The van der Waals surface area contributed by atoms with Gasteiger partial charge in [0.1, 0.15) is 5.75 Å². The molecule has 4 aromatic rings. The monoisotopic (exact) mass is 411 g/mol. The van der Waals surface area contributed by atoms with Crippen LogP contribution in [0.1, 0.15) is 19.5 Å². The van der Waals surface area contributed by atoms with Crippen molar-refractivity contribution in [1.82, 2.24) is 23.1 Å². The van der Waals surface area contributed by atoms with Gasteiger partial charge in [0, 0.05) is 31.2 Å². The normalized spacial score (nSPS) is 11.6. The highest BCUT2D eigenvalue weighted by Crippen LogP contribution is 2.22. The molecule has 3 aromatic heterocycles. The first kappa shape index (κ1) is 20.0. The highest BCUT2D eigenvalue weighted by atomic mass is 16.5. The maximum Gasteiger partial charge on any atom is 0.332 e. The van der Waals surface area contributed by atoms with E-state index in [0.717, 1.165) is 17.1 Å². The van der Waals surface area contributed by atoms with E-state index in [9.17, 15) is 9.59 Å². The second kappa shape index (κ2) is 7.83. The van der Waals surface area contributed by atoms with Crippen LogP contribution in [0.3, 0.4) is 0 Å². The summed E-state index contributed by atoms with van der Waals surface area (Å²) >= 11 is 0. The number of aryl methyl sites for hydroxylation is 2. The highest BCUT2D eigenvalue weighted by molar-refractivity contribution is 5.76. The molecular weight excluding hydrogens is 386 g/mol. The molecule has 0 aliphatic carbocycles. The van der Waals surface area contributed by atoms with Gasteiger partial charge in [-0.15, -0.1) is 0 Å². The van der Waals surface area contributed by atoms with Crippen molar-refractivity contribution < 1.29 is 9.47 Å². The number of hydrogen-bond donors (Lipinski definition) is 0. The summed E-state index contributed by atoms with van der Waals surface area (Å²) in [6.45, 7) is 7.38. The van der Waals surface area contributed by atoms with Crippen LogP contribution >= 0.6 is 0 Å². The molecule has 0 atom stereocenters. The Kier molecular flexibility index (Phi) is 5.21. The van der Waals surface area contributed by atoms with Crippen molar-refractivity contribution in [3.05, 3.63) is 57.0 Å². The third kappa shape index (κ3) is 3.11. The van der Waals surface area contributed by atoms with Gasteiger partial charge in [-0.1, -0.05) is 0 Å². The number of hydrogen-bond acceptors (Lipinski definition) is 5. The maximum atomic E-state index is 13.2. The number of imidazole rings is 2. The summed E-state index contributed by atoms with van der Waals surface area (Å²) in [5, 5.41) is 0. The molecule has 0 N–H and O–H groups in total. The maximum absolute atomic E-state index is 13.2. The molecule has 0 spiro atoms.